The van der Waals surface area contributed by atoms with Gasteiger partial charge in [0.05, 0.1) is 77.9 Å². The molecule has 0 saturated carbocycles. The van der Waals surface area contributed by atoms with Crippen molar-refractivity contribution < 1.29 is 75.3 Å². The quantitative estimate of drug-likeness (QED) is 0.0336. The number of benzene rings is 10. The molecule has 18 heteroatoms. The van der Waals surface area contributed by atoms with Crippen LogP contribution in [-0.2, 0) is 115 Å². The molecular weight excluding hydrogens is 1440 g/mol. The van der Waals surface area contributed by atoms with E-state index in [2.05, 4.69) is 90.1 Å². The summed E-state index contributed by atoms with van der Waals surface area (Å²) >= 11 is 0. The molecule has 2 unspecified atom stereocenters. The highest BCUT2D eigenvalue weighted by molar-refractivity contribution is 7.00. The molecule has 3 aliphatic rings. The lowest BCUT2D eigenvalue weighted by Gasteiger charge is -2.47. The first-order valence-electron chi connectivity index (χ1n) is 39.0. The summed E-state index contributed by atoms with van der Waals surface area (Å²) in [4.78, 5) is 31.7. The lowest BCUT2D eigenvalue weighted by molar-refractivity contribution is -0.339. The predicted molar refractivity (Wildman–Crippen MR) is 435 cm³/mol. The van der Waals surface area contributed by atoms with Crippen molar-refractivity contribution in [3.8, 4) is 0 Å². The molecule has 0 aromatic heterocycles. The summed E-state index contributed by atoms with van der Waals surface area (Å²) in [7, 11) is -6.78. The highest BCUT2D eigenvalue weighted by Crippen LogP contribution is 2.41. The van der Waals surface area contributed by atoms with E-state index in [0.717, 1.165) is 54.1 Å². The van der Waals surface area contributed by atoms with Gasteiger partial charge in [0.2, 0.25) is 0 Å². The molecule has 0 amide bonds. The highest BCUT2D eigenvalue weighted by atomic mass is 28.4. The smallest absolute Gasteiger partial charge is 0.308 e. The minimum atomic E-state index is -3.39. The van der Waals surface area contributed by atoms with Gasteiger partial charge in [0.25, 0.3) is 16.6 Å². The first-order chi connectivity index (χ1) is 54.6. The highest BCUT2D eigenvalue weighted by Gasteiger charge is 2.56. The molecule has 0 radical (unpaired) electrons. The number of hydrogen-bond donors (Lipinski definition) is 0. The van der Waals surface area contributed by atoms with Crippen molar-refractivity contribution in [3.63, 3.8) is 0 Å². The Kier molecular flexibility index (Phi) is 28.4. The minimum Gasteiger partial charge on any atom is -0.463 e. The molecule has 10 aromatic carbocycles. The molecule has 3 saturated heterocycles. The Bertz CT molecular complexity index is 4060. The summed E-state index contributed by atoms with van der Waals surface area (Å²) in [5.74, 6) is -1.30. The van der Waals surface area contributed by atoms with E-state index >= 15 is 9.59 Å². The van der Waals surface area contributed by atoms with Gasteiger partial charge in [-0.15, -0.1) is 0 Å². The fourth-order valence-corrected chi connectivity index (χ4v) is 24.6. The normalized spacial score (nSPS) is 23.0. The first kappa shape index (κ1) is 81.1. The van der Waals surface area contributed by atoms with E-state index in [1.807, 2.05) is 255 Å². The molecule has 10 aromatic rings. The summed E-state index contributed by atoms with van der Waals surface area (Å²) < 4.78 is 102. The number of ether oxygens (including phenoxy) is 12. The molecule has 12 atom stereocenters. The van der Waals surface area contributed by atoms with Crippen LogP contribution in [0.5, 0.6) is 0 Å². The van der Waals surface area contributed by atoms with Crippen LogP contribution in [0.4, 0.5) is 0 Å². The second kappa shape index (κ2) is 39.2. The van der Waals surface area contributed by atoms with Gasteiger partial charge in [-0.3, -0.25) is 9.59 Å². The third kappa shape index (κ3) is 20.7. The SMILES string of the molecule is CC(C)(C)[Si](OCC1CC(=O)OC[C@H]2O[C@@H](OC(CO[Si](c3ccccc3)(c3ccccc3)C(C)(C)C)CC(=O)OC[C@@H]3O[C@H](O1)[C@@H](OCc1ccccc1)[C@H](OCc1ccccc1)[C@H]3OCc1ccccc1)[C@H](OCc1ccccc1)[C@@H](OCc1ccccc1)[C@@H]2OCc1ccccc1)(c1ccccc1)c1ccccc1. The molecular formula is C94H104O16Si2. The third-order valence-corrected chi connectivity index (χ3v) is 31.0. The van der Waals surface area contributed by atoms with E-state index in [4.69, 9.17) is 65.7 Å². The van der Waals surface area contributed by atoms with E-state index in [9.17, 15) is 0 Å². The van der Waals surface area contributed by atoms with Gasteiger partial charge in [-0.05, 0) is 64.2 Å². The maximum absolute atomic E-state index is 15.8. The predicted octanol–water partition coefficient (Wildman–Crippen LogP) is 14.8. The Labute approximate surface area is 661 Å². The van der Waals surface area contributed by atoms with Crippen molar-refractivity contribution in [1.29, 1.82) is 0 Å². The van der Waals surface area contributed by atoms with Crippen molar-refractivity contribution in [3.05, 3.63) is 337 Å². The van der Waals surface area contributed by atoms with E-state index in [0.29, 0.717) is 0 Å². The Balaban J connectivity index is 0.958. The van der Waals surface area contributed by atoms with Gasteiger partial charge in [-0.1, -0.05) is 345 Å². The zero-order chi connectivity index (χ0) is 77.6. The maximum Gasteiger partial charge on any atom is 0.308 e. The van der Waals surface area contributed by atoms with Crippen LogP contribution in [0.15, 0.2) is 303 Å². The number of carbonyl (C=O) groups excluding carboxylic acids is 2. The van der Waals surface area contributed by atoms with Gasteiger partial charge in [-0.25, -0.2) is 0 Å². The van der Waals surface area contributed by atoms with Gasteiger partial charge >= 0.3 is 11.9 Å². The fraction of sp³-hybridized carbons (Fsp3) is 0.340. The Hall–Kier alpha value is -8.91. The largest absolute Gasteiger partial charge is 0.463 e. The molecule has 584 valence electrons. The van der Waals surface area contributed by atoms with E-state index < -0.39 is 112 Å². The minimum absolute atomic E-state index is 0.0950. The van der Waals surface area contributed by atoms with Gasteiger partial charge in [-0.2, -0.15) is 0 Å². The van der Waals surface area contributed by atoms with E-state index in [1.165, 1.54) is 0 Å². The van der Waals surface area contributed by atoms with Crippen molar-refractivity contribution in [2.24, 2.45) is 0 Å². The van der Waals surface area contributed by atoms with Crippen molar-refractivity contribution in [2.75, 3.05) is 26.4 Å². The number of carbonyl (C=O) groups is 2. The lowest BCUT2D eigenvalue weighted by Crippen LogP contribution is -2.67. The van der Waals surface area contributed by atoms with Gasteiger partial charge in [0.1, 0.15) is 62.0 Å². The first-order valence-corrected chi connectivity index (χ1v) is 42.8. The second-order valence-electron chi connectivity index (χ2n) is 30.9. The van der Waals surface area contributed by atoms with Crippen LogP contribution >= 0.6 is 0 Å². The summed E-state index contributed by atoms with van der Waals surface area (Å²) in [5.41, 5.74) is 5.26. The molecule has 4 bridgehead atoms. The average Bonchev–Trinajstić information content (AvgIpc) is 0.744. The molecule has 16 nitrogen and oxygen atoms in total. The number of fused-ring (bicyclic) bond motifs is 4. The molecule has 0 spiro atoms. The summed E-state index contributed by atoms with van der Waals surface area (Å²) in [5, 5.41) is 3.08. The monoisotopic (exact) mass is 1540 g/mol. The summed E-state index contributed by atoms with van der Waals surface area (Å²) in [6.45, 7) is 12.8. The average molecular weight is 1550 g/mol. The number of esters is 2. The van der Waals surface area contributed by atoms with Crippen LogP contribution in [0, 0.1) is 0 Å². The van der Waals surface area contributed by atoms with Gasteiger partial charge < -0.3 is 65.7 Å². The lowest BCUT2D eigenvalue weighted by atomic mass is 9.97. The Morgan fingerprint density at radius 2 is 0.500 bits per heavy atom. The molecule has 112 heavy (non-hydrogen) atoms. The van der Waals surface area contributed by atoms with Crippen molar-refractivity contribution >= 4 is 49.3 Å². The van der Waals surface area contributed by atoms with E-state index in [-0.39, 0.29) is 78.9 Å². The maximum atomic E-state index is 15.8. The number of hydrogen-bond acceptors (Lipinski definition) is 16. The van der Waals surface area contributed by atoms with E-state index in [1.54, 1.807) is 0 Å². The number of rotatable bonds is 28. The number of cyclic esters (lactones) is 2. The van der Waals surface area contributed by atoms with Crippen LogP contribution in [-0.4, -0.2) is 129 Å². The second-order valence-corrected chi connectivity index (χ2v) is 39.5. The van der Waals surface area contributed by atoms with Crippen LogP contribution in [0.2, 0.25) is 10.1 Å². The molecule has 3 heterocycles. The zero-order valence-electron chi connectivity index (χ0n) is 64.8. The van der Waals surface area contributed by atoms with Crippen LogP contribution in [0.3, 0.4) is 0 Å². The molecule has 0 N–H and O–H groups in total. The van der Waals surface area contributed by atoms with Crippen molar-refractivity contribution in [1.82, 2.24) is 0 Å². The third-order valence-electron chi connectivity index (χ3n) is 21.0. The summed E-state index contributed by atoms with van der Waals surface area (Å²) in [6.07, 6.45) is -14.0. The van der Waals surface area contributed by atoms with Crippen LogP contribution in [0.25, 0.3) is 0 Å². The van der Waals surface area contributed by atoms with Gasteiger partial charge in [0, 0.05) is 0 Å². The Morgan fingerprint density at radius 3 is 0.732 bits per heavy atom. The molecule has 3 aliphatic heterocycles. The van der Waals surface area contributed by atoms with Crippen LogP contribution in [0.1, 0.15) is 87.8 Å². The molecule has 0 aliphatic carbocycles. The molecule has 3 fully saturated rings. The standard InChI is InChI=1S/C94H104O16Si2/c1-93(2,3)111(77-49-29-13-30-50-77,78-51-31-14-32-52-78)105-65-75-57-83(95)97-67-82-86(100-60-70-39-19-8-20-40-70)88(102-62-72-43-23-10-24-44-72)90(104-64-74-47-27-12-28-48-74)92(110-82)108-76(66-106-112(94(4,5)6,79-53-33-15-34-54-79)80-55-35-16-36-56-80)58-84(96)98-68-81-85(99-59-69-37-17-7-18-38-69)87(101-61-71-41-21-9-22-42-71)89(91(107-75)109-81)103-63-73-45-25-11-26-46-73/h7-56,75-76,81-82,85-92H,57-68H2,1-6H3/t75?,76?,81-,82+,85-,86+,87+,88-,89-,90+,91-,92+. The topological polar surface area (TPSA) is 163 Å². The summed E-state index contributed by atoms with van der Waals surface area (Å²) in [6, 6.07) is 100. The Morgan fingerprint density at radius 1 is 0.286 bits per heavy atom. The molecule has 13 rings (SSSR count). The van der Waals surface area contributed by atoms with Crippen LogP contribution < -0.4 is 20.7 Å². The van der Waals surface area contributed by atoms with Crippen molar-refractivity contribution in [2.45, 2.75) is 178 Å². The van der Waals surface area contributed by atoms with Gasteiger partial charge in [0.15, 0.2) is 12.6 Å². The zero-order valence-corrected chi connectivity index (χ0v) is 66.8. The fourth-order valence-electron chi connectivity index (χ4n) is 15.4.